The molecule has 0 bridgehead atoms. The summed E-state index contributed by atoms with van der Waals surface area (Å²) >= 11 is 0. The maximum Gasteiger partial charge on any atom is 0.331 e. The number of hydrogen-bond donors (Lipinski definition) is 1. The SMILES string of the molecule is COCOc1c(OC)cc(C=C(C)C(=O)O)c2cccc(C(C)C)c12. The lowest BCUT2D eigenvalue weighted by molar-refractivity contribution is -0.132. The van der Waals surface area contributed by atoms with Crippen LogP contribution in [0.2, 0.25) is 0 Å². The fraction of sp³-hybridized carbons (Fsp3) is 0.350. The zero-order valence-corrected chi connectivity index (χ0v) is 15.3. The van der Waals surface area contributed by atoms with E-state index in [1.54, 1.807) is 33.3 Å². The predicted molar refractivity (Wildman–Crippen MR) is 98.4 cm³/mol. The molecule has 5 nitrogen and oxygen atoms in total. The molecule has 0 saturated carbocycles. The molecule has 0 aliphatic carbocycles. The van der Waals surface area contributed by atoms with Crippen LogP contribution in [0, 0.1) is 0 Å². The van der Waals surface area contributed by atoms with E-state index >= 15 is 0 Å². The lowest BCUT2D eigenvalue weighted by Crippen LogP contribution is -2.04. The van der Waals surface area contributed by atoms with Gasteiger partial charge in [-0.2, -0.15) is 0 Å². The smallest absolute Gasteiger partial charge is 0.331 e. The van der Waals surface area contributed by atoms with Crippen molar-refractivity contribution in [1.29, 1.82) is 0 Å². The molecule has 0 saturated heterocycles. The van der Waals surface area contributed by atoms with Crippen LogP contribution >= 0.6 is 0 Å². The maximum atomic E-state index is 11.2. The molecule has 0 spiro atoms. The first-order chi connectivity index (χ1) is 11.9. The highest BCUT2D eigenvalue weighted by molar-refractivity contribution is 6.02. The molecule has 0 fully saturated rings. The highest BCUT2D eigenvalue weighted by atomic mass is 16.7. The van der Waals surface area contributed by atoms with Gasteiger partial charge in [-0.3, -0.25) is 0 Å². The molecule has 0 heterocycles. The summed E-state index contributed by atoms with van der Waals surface area (Å²) in [7, 11) is 3.13. The Kier molecular flexibility index (Phi) is 6.04. The molecule has 5 heteroatoms. The average Bonchev–Trinajstić information content (AvgIpc) is 2.59. The van der Waals surface area contributed by atoms with E-state index in [9.17, 15) is 9.90 Å². The number of benzene rings is 2. The van der Waals surface area contributed by atoms with Crippen LogP contribution in [0.25, 0.3) is 16.8 Å². The van der Waals surface area contributed by atoms with Crippen molar-refractivity contribution in [3.05, 3.63) is 41.0 Å². The van der Waals surface area contributed by atoms with Gasteiger partial charge in [-0.05, 0) is 41.5 Å². The third kappa shape index (κ3) is 3.94. The summed E-state index contributed by atoms with van der Waals surface area (Å²) in [5, 5.41) is 11.0. The summed E-state index contributed by atoms with van der Waals surface area (Å²) in [5.74, 6) is 0.459. The fourth-order valence-corrected chi connectivity index (χ4v) is 2.78. The monoisotopic (exact) mass is 344 g/mol. The lowest BCUT2D eigenvalue weighted by atomic mass is 9.92. The highest BCUT2D eigenvalue weighted by Crippen LogP contribution is 2.42. The summed E-state index contributed by atoms with van der Waals surface area (Å²) in [6, 6.07) is 7.77. The first-order valence-corrected chi connectivity index (χ1v) is 8.07. The molecule has 0 atom stereocenters. The molecule has 0 aliphatic heterocycles. The molecule has 0 aliphatic rings. The van der Waals surface area contributed by atoms with Crippen molar-refractivity contribution < 1.29 is 24.1 Å². The Morgan fingerprint density at radius 1 is 1.28 bits per heavy atom. The van der Waals surface area contributed by atoms with E-state index in [0.29, 0.717) is 11.5 Å². The van der Waals surface area contributed by atoms with Crippen LogP contribution in [-0.4, -0.2) is 32.1 Å². The van der Waals surface area contributed by atoms with Crippen LogP contribution in [0.5, 0.6) is 11.5 Å². The largest absolute Gasteiger partial charge is 0.493 e. The van der Waals surface area contributed by atoms with Crippen LogP contribution in [-0.2, 0) is 9.53 Å². The van der Waals surface area contributed by atoms with Gasteiger partial charge in [-0.25, -0.2) is 4.79 Å². The van der Waals surface area contributed by atoms with Crippen molar-refractivity contribution in [2.24, 2.45) is 0 Å². The summed E-state index contributed by atoms with van der Waals surface area (Å²) in [5.41, 5.74) is 2.13. The number of fused-ring (bicyclic) bond motifs is 1. The van der Waals surface area contributed by atoms with E-state index in [1.165, 1.54) is 0 Å². The van der Waals surface area contributed by atoms with E-state index < -0.39 is 5.97 Å². The molecule has 25 heavy (non-hydrogen) atoms. The van der Waals surface area contributed by atoms with Gasteiger partial charge in [0.25, 0.3) is 0 Å². The quantitative estimate of drug-likeness (QED) is 0.594. The van der Waals surface area contributed by atoms with Crippen molar-refractivity contribution in [1.82, 2.24) is 0 Å². The highest BCUT2D eigenvalue weighted by Gasteiger charge is 2.18. The predicted octanol–water partition coefficient (Wildman–Crippen LogP) is 4.44. The number of hydrogen-bond acceptors (Lipinski definition) is 4. The van der Waals surface area contributed by atoms with Gasteiger partial charge in [0.1, 0.15) is 0 Å². The molecule has 134 valence electrons. The number of carboxylic acid groups (broad SMARTS) is 1. The van der Waals surface area contributed by atoms with E-state index in [1.807, 2.05) is 18.2 Å². The third-order valence-electron chi connectivity index (χ3n) is 4.02. The second-order valence-corrected chi connectivity index (χ2v) is 6.11. The summed E-state index contributed by atoms with van der Waals surface area (Å²) in [4.78, 5) is 11.2. The van der Waals surface area contributed by atoms with Crippen LogP contribution in [0.3, 0.4) is 0 Å². The van der Waals surface area contributed by atoms with E-state index in [-0.39, 0.29) is 18.3 Å². The Hall–Kier alpha value is -2.53. The van der Waals surface area contributed by atoms with Crippen LogP contribution in [0.4, 0.5) is 0 Å². The molecular weight excluding hydrogens is 320 g/mol. The normalized spacial score (nSPS) is 11.8. The number of rotatable bonds is 7. The lowest BCUT2D eigenvalue weighted by Gasteiger charge is -2.19. The number of aliphatic carboxylic acids is 1. The average molecular weight is 344 g/mol. The number of ether oxygens (including phenoxy) is 3. The van der Waals surface area contributed by atoms with Crippen molar-refractivity contribution >= 4 is 22.8 Å². The minimum absolute atomic E-state index is 0.0984. The van der Waals surface area contributed by atoms with Crippen LogP contribution in [0.15, 0.2) is 29.8 Å². The Bertz CT molecular complexity index is 805. The van der Waals surface area contributed by atoms with E-state index in [4.69, 9.17) is 14.2 Å². The molecule has 1 N–H and O–H groups in total. The molecular formula is C20H24O5. The maximum absolute atomic E-state index is 11.2. The van der Waals surface area contributed by atoms with Gasteiger partial charge in [-0.1, -0.05) is 32.0 Å². The Morgan fingerprint density at radius 2 is 2.00 bits per heavy atom. The molecule has 0 radical (unpaired) electrons. The number of methoxy groups -OCH3 is 2. The van der Waals surface area contributed by atoms with Crippen LogP contribution < -0.4 is 9.47 Å². The van der Waals surface area contributed by atoms with Crippen LogP contribution in [0.1, 0.15) is 37.8 Å². The molecule has 2 aromatic rings. The van der Waals surface area contributed by atoms with Crippen molar-refractivity contribution in [2.75, 3.05) is 21.0 Å². The zero-order valence-electron chi connectivity index (χ0n) is 15.3. The summed E-state index contributed by atoms with van der Waals surface area (Å²) in [6.07, 6.45) is 1.65. The van der Waals surface area contributed by atoms with Gasteiger partial charge in [0, 0.05) is 18.1 Å². The van der Waals surface area contributed by atoms with Gasteiger partial charge in [-0.15, -0.1) is 0 Å². The Balaban J connectivity index is 2.87. The third-order valence-corrected chi connectivity index (χ3v) is 4.02. The molecule has 0 unspecified atom stereocenters. The zero-order chi connectivity index (χ0) is 18.6. The minimum Gasteiger partial charge on any atom is -0.493 e. The first-order valence-electron chi connectivity index (χ1n) is 8.07. The van der Waals surface area contributed by atoms with E-state index in [0.717, 1.165) is 21.9 Å². The van der Waals surface area contributed by atoms with Gasteiger partial charge >= 0.3 is 5.97 Å². The molecule has 0 amide bonds. The van der Waals surface area contributed by atoms with E-state index in [2.05, 4.69) is 13.8 Å². The Labute approximate surface area is 147 Å². The summed E-state index contributed by atoms with van der Waals surface area (Å²) in [6.45, 7) is 5.88. The minimum atomic E-state index is -0.952. The number of carbonyl (C=O) groups is 1. The second-order valence-electron chi connectivity index (χ2n) is 6.11. The number of carboxylic acids is 1. The van der Waals surface area contributed by atoms with Gasteiger partial charge in [0.15, 0.2) is 18.3 Å². The second kappa shape index (κ2) is 8.03. The topological polar surface area (TPSA) is 65.0 Å². The van der Waals surface area contributed by atoms with Crippen molar-refractivity contribution in [3.8, 4) is 11.5 Å². The van der Waals surface area contributed by atoms with Crippen molar-refractivity contribution in [2.45, 2.75) is 26.7 Å². The molecule has 0 aromatic heterocycles. The summed E-state index contributed by atoms with van der Waals surface area (Å²) < 4.78 is 16.4. The molecule has 2 aromatic carbocycles. The van der Waals surface area contributed by atoms with Gasteiger partial charge in [0.2, 0.25) is 0 Å². The fourth-order valence-electron chi connectivity index (χ4n) is 2.78. The van der Waals surface area contributed by atoms with Crippen molar-refractivity contribution in [3.63, 3.8) is 0 Å². The van der Waals surface area contributed by atoms with Gasteiger partial charge in [0.05, 0.1) is 7.11 Å². The van der Waals surface area contributed by atoms with Gasteiger partial charge < -0.3 is 19.3 Å². The standard InChI is InChI=1S/C20H24O5/c1-12(2)15-7-6-8-16-14(9-13(3)20(21)22)10-17(24-5)19(18(15)16)25-11-23-4/h6-10,12H,11H2,1-5H3,(H,21,22). The molecule has 2 rings (SSSR count). The Morgan fingerprint density at radius 3 is 2.56 bits per heavy atom. The first kappa shape index (κ1) is 18.8.